The number of nitrogens with two attached hydrogens (primary N) is 1. The molecule has 2 aromatic carbocycles. The molecule has 3 rings (SSSR count). The van der Waals surface area contributed by atoms with Crippen LogP contribution in [0.3, 0.4) is 0 Å². The van der Waals surface area contributed by atoms with Crippen molar-refractivity contribution in [2.75, 3.05) is 6.61 Å². The molecule has 0 amide bonds. The van der Waals surface area contributed by atoms with Crippen LogP contribution in [0.1, 0.15) is 11.6 Å². The summed E-state index contributed by atoms with van der Waals surface area (Å²) >= 11 is 0. The predicted octanol–water partition coefficient (Wildman–Crippen LogP) is 3.31. The summed E-state index contributed by atoms with van der Waals surface area (Å²) < 4.78 is 5.74. The number of hydrogen-bond donors (Lipinski definition) is 1. The van der Waals surface area contributed by atoms with Crippen LogP contribution >= 0.6 is 0 Å². The average molecular weight is 264 g/mol. The van der Waals surface area contributed by atoms with Crippen LogP contribution in [-0.2, 0) is 0 Å². The molecule has 1 unspecified atom stereocenters. The van der Waals surface area contributed by atoms with Crippen molar-refractivity contribution in [1.29, 1.82) is 0 Å². The lowest BCUT2D eigenvalue weighted by Gasteiger charge is -2.13. The monoisotopic (exact) mass is 264 g/mol. The van der Waals surface area contributed by atoms with Gasteiger partial charge in [0.15, 0.2) is 0 Å². The van der Waals surface area contributed by atoms with E-state index in [4.69, 9.17) is 10.5 Å². The van der Waals surface area contributed by atoms with E-state index >= 15 is 0 Å². The molecule has 0 saturated heterocycles. The first-order valence-electron chi connectivity index (χ1n) is 6.61. The number of ether oxygens (including phenoxy) is 1. The van der Waals surface area contributed by atoms with Crippen LogP contribution in [-0.4, -0.2) is 11.6 Å². The Morgan fingerprint density at radius 3 is 2.60 bits per heavy atom. The van der Waals surface area contributed by atoms with Crippen LogP contribution in [0.2, 0.25) is 0 Å². The van der Waals surface area contributed by atoms with Crippen molar-refractivity contribution in [2.45, 2.75) is 6.04 Å². The molecule has 0 bridgehead atoms. The van der Waals surface area contributed by atoms with Gasteiger partial charge in [0, 0.05) is 5.39 Å². The Balaban J connectivity index is 1.70. The summed E-state index contributed by atoms with van der Waals surface area (Å²) in [6.07, 6.45) is 1.74. The summed E-state index contributed by atoms with van der Waals surface area (Å²) in [6.45, 7) is 0.435. The molecular weight excluding hydrogens is 248 g/mol. The predicted molar refractivity (Wildman–Crippen MR) is 80.6 cm³/mol. The lowest BCUT2D eigenvalue weighted by Crippen LogP contribution is -2.18. The van der Waals surface area contributed by atoms with Crippen molar-refractivity contribution in [2.24, 2.45) is 5.73 Å². The molecule has 0 spiro atoms. The van der Waals surface area contributed by atoms with Gasteiger partial charge in [-0.2, -0.15) is 0 Å². The number of nitrogens with zero attached hydrogens (tertiary/aromatic N) is 1. The number of pyridine rings is 1. The molecule has 3 aromatic rings. The van der Waals surface area contributed by atoms with E-state index in [1.807, 2.05) is 60.7 Å². The van der Waals surface area contributed by atoms with E-state index in [0.717, 1.165) is 22.2 Å². The van der Waals surface area contributed by atoms with E-state index in [1.165, 1.54) is 0 Å². The third kappa shape index (κ3) is 2.78. The largest absolute Gasteiger partial charge is 0.490 e. The van der Waals surface area contributed by atoms with Crippen molar-refractivity contribution in [1.82, 2.24) is 4.98 Å². The Hall–Kier alpha value is -2.39. The minimum absolute atomic E-state index is 0.136. The quantitative estimate of drug-likeness (QED) is 0.786. The fourth-order valence-corrected chi connectivity index (χ4v) is 2.11. The number of para-hydroxylation sites is 1. The minimum atomic E-state index is -0.136. The fraction of sp³-hybridized carbons (Fsp3) is 0.118. The summed E-state index contributed by atoms with van der Waals surface area (Å²) in [5, 5.41) is 1.07. The van der Waals surface area contributed by atoms with Crippen LogP contribution in [0.5, 0.6) is 5.75 Å². The Labute approximate surface area is 118 Å². The minimum Gasteiger partial charge on any atom is -0.490 e. The van der Waals surface area contributed by atoms with Gasteiger partial charge in [0.1, 0.15) is 12.4 Å². The van der Waals surface area contributed by atoms with Gasteiger partial charge in [0.25, 0.3) is 0 Å². The van der Waals surface area contributed by atoms with Crippen LogP contribution in [0.25, 0.3) is 10.9 Å². The molecule has 0 radical (unpaired) electrons. The number of aromatic nitrogens is 1. The molecule has 1 heterocycles. The topological polar surface area (TPSA) is 48.1 Å². The molecule has 0 fully saturated rings. The summed E-state index contributed by atoms with van der Waals surface area (Å²) in [6, 6.07) is 19.8. The number of benzene rings is 2. The molecule has 0 aliphatic carbocycles. The first-order valence-corrected chi connectivity index (χ1v) is 6.61. The van der Waals surface area contributed by atoms with Crippen LogP contribution < -0.4 is 10.5 Å². The van der Waals surface area contributed by atoms with Crippen molar-refractivity contribution in [3.05, 3.63) is 72.4 Å². The molecule has 3 heteroatoms. The van der Waals surface area contributed by atoms with Crippen molar-refractivity contribution in [3.8, 4) is 5.75 Å². The van der Waals surface area contributed by atoms with Gasteiger partial charge in [-0.25, -0.2) is 0 Å². The van der Waals surface area contributed by atoms with E-state index in [9.17, 15) is 0 Å². The molecule has 1 atom stereocenters. The highest BCUT2D eigenvalue weighted by Gasteiger charge is 2.06. The Bertz CT molecular complexity index is 697. The average Bonchev–Trinajstić information content (AvgIpc) is 2.53. The highest BCUT2D eigenvalue weighted by molar-refractivity contribution is 5.79. The van der Waals surface area contributed by atoms with Crippen molar-refractivity contribution >= 4 is 10.9 Å². The fourth-order valence-electron chi connectivity index (χ4n) is 2.11. The van der Waals surface area contributed by atoms with Gasteiger partial charge in [0.05, 0.1) is 17.8 Å². The molecule has 20 heavy (non-hydrogen) atoms. The van der Waals surface area contributed by atoms with Crippen LogP contribution in [0, 0.1) is 0 Å². The van der Waals surface area contributed by atoms with E-state index in [-0.39, 0.29) is 6.04 Å². The first kappa shape index (κ1) is 12.6. The van der Waals surface area contributed by atoms with Gasteiger partial charge in [0.2, 0.25) is 0 Å². The standard InChI is InChI=1S/C17H16N2O/c18-16(13-6-2-1-3-7-13)12-20-15-10-14-8-4-5-9-17(14)19-11-15/h1-11,16H,12,18H2. The Morgan fingerprint density at radius 2 is 1.75 bits per heavy atom. The second-order valence-corrected chi connectivity index (χ2v) is 4.69. The van der Waals surface area contributed by atoms with E-state index in [0.29, 0.717) is 6.61 Å². The third-order valence-electron chi connectivity index (χ3n) is 3.22. The highest BCUT2D eigenvalue weighted by atomic mass is 16.5. The molecule has 0 aliphatic heterocycles. The van der Waals surface area contributed by atoms with Crippen LogP contribution in [0.15, 0.2) is 66.9 Å². The zero-order valence-corrected chi connectivity index (χ0v) is 11.1. The lowest BCUT2D eigenvalue weighted by molar-refractivity contribution is 0.290. The zero-order valence-electron chi connectivity index (χ0n) is 11.1. The zero-order chi connectivity index (χ0) is 13.8. The molecule has 1 aromatic heterocycles. The summed E-state index contributed by atoms with van der Waals surface area (Å²) in [5.41, 5.74) is 8.15. The molecule has 0 aliphatic rings. The van der Waals surface area contributed by atoms with Gasteiger partial charge in [-0.05, 0) is 17.7 Å². The second-order valence-electron chi connectivity index (χ2n) is 4.69. The summed E-state index contributed by atoms with van der Waals surface area (Å²) in [5.74, 6) is 0.745. The van der Waals surface area contributed by atoms with Gasteiger partial charge in [-0.1, -0.05) is 48.5 Å². The van der Waals surface area contributed by atoms with Gasteiger partial charge in [-0.15, -0.1) is 0 Å². The highest BCUT2D eigenvalue weighted by Crippen LogP contribution is 2.19. The maximum Gasteiger partial charge on any atom is 0.138 e. The van der Waals surface area contributed by atoms with Crippen LogP contribution in [0.4, 0.5) is 0 Å². The van der Waals surface area contributed by atoms with Gasteiger partial charge in [-0.3, -0.25) is 4.98 Å². The number of hydrogen-bond acceptors (Lipinski definition) is 3. The van der Waals surface area contributed by atoms with Crippen molar-refractivity contribution in [3.63, 3.8) is 0 Å². The lowest BCUT2D eigenvalue weighted by atomic mass is 10.1. The molecular formula is C17H16N2O. The van der Waals surface area contributed by atoms with E-state index in [2.05, 4.69) is 4.98 Å². The summed E-state index contributed by atoms with van der Waals surface area (Å²) in [7, 11) is 0. The van der Waals surface area contributed by atoms with Gasteiger partial charge < -0.3 is 10.5 Å². The maximum atomic E-state index is 6.11. The number of fused-ring (bicyclic) bond motifs is 1. The summed E-state index contributed by atoms with van der Waals surface area (Å²) in [4.78, 5) is 4.37. The maximum absolute atomic E-state index is 6.11. The Kier molecular flexibility index (Phi) is 3.61. The van der Waals surface area contributed by atoms with Gasteiger partial charge >= 0.3 is 0 Å². The number of rotatable bonds is 4. The molecule has 2 N–H and O–H groups in total. The second kappa shape index (κ2) is 5.72. The first-order chi connectivity index (χ1) is 9.83. The van der Waals surface area contributed by atoms with Crippen molar-refractivity contribution < 1.29 is 4.74 Å². The smallest absolute Gasteiger partial charge is 0.138 e. The molecule has 3 nitrogen and oxygen atoms in total. The van der Waals surface area contributed by atoms with E-state index < -0.39 is 0 Å². The third-order valence-corrected chi connectivity index (χ3v) is 3.22. The Morgan fingerprint density at radius 1 is 1.00 bits per heavy atom. The molecule has 0 saturated carbocycles. The van der Waals surface area contributed by atoms with E-state index in [1.54, 1.807) is 6.20 Å². The SMILES string of the molecule is NC(COc1cnc2ccccc2c1)c1ccccc1. The normalized spacial score (nSPS) is 12.2. The molecule has 100 valence electrons.